The molecule has 0 atom stereocenters. The maximum Gasteiger partial charge on any atom is 0.231 e. The summed E-state index contributed by atoms with van der Waals surface area (Å²) in [5, 5.41) is 3.35. The fraction of sp³-hybridized carbons (Fsp3) is 0.875. The van der Waals surface area contributed by atoms with Gasteiger partial charge in [0.15, 0.2) is 0 Å². The topological polar surface area (TPSA) is 29.1 Å². The Morgan fingerprint density at radius 1 is 1.45 bits per heavy atom. The molecule has 0 bridgehead atoms. The molecule has 2 nitrogen and oxygen atoms in total. The first kappa shape index (κ1) is 11.0. The molecule has 0 aromatic rings. The fourth-order valence-electron chi connectivity index (χ4n) is 0.797. The van der Waals surface area contributed by atoms with Gasteiger partial charge in [0.25, 0.3) is 0 Å². The van der Waals surface area contributed by atoms with Crippen LogP contribution >= 0.6 is 15.9 Å². The van der Waals surface area contributed by atoms with Crippen molar-refractivity contribution in [2.24, 2.45) is 0 Å². The van der Waals surface area contributed by atoms with E-state index in [1.165, 1.54) is 0 Å². The molecule has 0 aromatic carbocycles. The highest BCUT2D eigenvalue weighted by molar-refractivity contribution is 9.09. The number of nitrogens with one attached hydrogen (secondary N) is 1. The van der Waals surface area contributed by atoms with Crippen molar-refractivity contribution >= 4 is 21.8 Å². The Morgan fingerprint density at radius 3 is 2.18 bits per heavy atom. The minimum absolute atomic E-state index is 0.0230. The zero-order valence-corrected chi connectivity index (χ0v) is 8.99. The Kier molecular flexibility index (Phi) is 4.73. The van der Waals surface area contributed by atoms with Crippen LogP contribution in [0, 0.1) is 0 Å². The van der Waals surface area contributed by atoms with Crippen LogP contribution in [0.15, 0.2) is 0 Å². The summed E-state index contributed by atoms with van der Waals surface area (Å²) in [6.07, 6.45) is 1.95. The maximum absolute atomic E-state index is 11.0. The van der Waals surface area contributed by atoms with Gasteiger partial charge < -0.3 is 5.32 Å². The molecule has 11 heavy (non-hydrogen) atoms. The first-order valence-electron chi connectivity index (χ1n) is 3.95. The summed E-state index contributed by atoms with van der Waals surface area (Å²) in [5.41, 5.74) is -0.0230. The first-order chi connectivity index (χ1) is 5.08. The molecule has 0 rings (SSSR count). The first-order valence-corrected chi connectivity index (χ1v) is 5.07. The van der Waals surface area contributed by atoms with E-state index in [0.29, 0.717) is 5.33 Å². The summed E-state index contributed by atoms with van der Waals surface area (Å²) < 4.78 is 0. The summed E-state index contributed by atoms with van der Waals surface area (Å²) in [7, 11) is 0. The average molecular weight is 222 g/mol. The molecule has 0 aromatic heterocycles. The van der Waals surface area contributed by atoms with E-state index < -0.39 is 0 Å². The molecule has 0 radical (unpaired) electrons. The van der Waals surface area contributed by atoms with Crippen LogP contribution in [0.25, 0.3) is 0 Å². The van der Waals surface area contributed by atoms with E-state index in [1.807, 2.05) is 0 Å². The molecular formula is C8H16BrNO. The van der Waals surface area contributed by atoms with E-state index in [4.69, 9.17) is 0 Å². The van der Waals surface area contributed by atoms with E-state index in [-0.39, 0.29) is 11.4 Å². The number of halogens is 1. The third-order valence-electron chi connectivity index (χ3n) is 2.12. The van der Waals surface area contributed by atoms with Crippen molar-refractivity contribution in [2.75, 3.05) is 5.33 Å². The molecule has 0 saturated carbocycles. The largest absolute Gasteiger partial charge is 0.350 e. The van der Waals surface area contributed by atoms with Crippen LogP contribution in [0.3, 0.4) is 0 Å². The predicted octanol–water partition coefficient (Wildman–Crippen LogP) is 2.08. The Bertz CT molecular complexity index is 132. The minimum atomic E-state index is -0.0230. The van der Waals surface area contributed by atoms with E-state index in [9.17, 15) is 4.79 Å². The molecule has 0 unspecified atom stereocenters. The predicted molar refractivity (Wildman–Crippen MR) is 50.9 cm³/mol. The molecule has 0 aliphatic rings. The SMILES string of the molecule is CCC(C)(CC)NC(=O)CBr. The van der Waals surface area contributed by atoms with Crippen LogP contribution in [-0.4, -0.2) is 16.8 Å². The van der Waals surface area contributed by atoms with Crippen molar-refractivity contribution in [3.05, 3.63) is 0 Å². The number of alkyl halides is 1. The van der Waals surface area contributed by atoms with Crippen LogP contribution in [0.5, 0.6) is 0 Å². The van der Waals surface area contributed by atoms with Gasteiger partial charge >= 0.3 is 0 Å². The number of carbonyl (C=O) groups is 1. The van der Waals surface area contributed by atoms with Gasteiger partial charge in [-0.15, -0.1) is 0 Å². The summed E-state index contributed by atoms with van der Waals surface area (Å²) in [5.74, 6) is 0.0659. The van der Waals surface area contributed by atoms with Crippen molar-refractivity contribution in [1.82, 2.24) is 5.32 Å². The van der Waals surface area contributed by atoms with Gasteiger partial charge in [-0.3, -0.25) is 4.79 Å². The highest BCUT2D eigenvalue weighted by Gasteiger charge is 2.20. The lowest BCUT2D eigenvalue weighted by molar-refractivity contribution is -0.120. The number of amides is 1. The minimum Gasteiger partial charge on any atom is -0.350 e. The van der Waals surface area contributed by atoms with Crippen molar-refractivity contribution in [3.63, 3.8) is 0 Å². The second-order valence-corrected chi connectivity index (χ2v) is 3.51. The second kappa shape index (κ2) is 4.75. The summed E-state index contributed by atoms with van der Waals surface area (Å²) in [6.45, 7) is 6.23. The van der Waals surface area contributed by atoms with E-state index in [0.717, 1.165) is 12.8 Å². The van der Waals surface area contributed by atoms with E-state index in [2.05, 4.69) is 42.0 Å². The van der Waals surface area contributed by atoms with Crippen LogP contribution < -0.4 is 5.32 Å². The standard InChI is InChI=1S/C8H16BrNO/c1-4-8(3,5-2)10-7(11)6-9/h4-6H2,1-3H3,(H,10,11). The Balaban J connectivity index is 3.96. The molecule has 0 fully saturated rings. The van der Waals surface area contributed by atoms with Crippen LogP contribution in [0.2, 0.25) is 0 Å². The Hall–Kier alpha value is -0.0500. The van der Waals surface area contributed by atoms with E-state index in [1.54, 1.807) is 0 Å². The van der Waals surface area contributed by atoms with Crippen molar-refractivity contribution < 1.29 is 4.79 Å². The van der Waals surface area contributed by atoms with Gasteiger partial charge in [-0.2, -0.15) is 0 Å². The average Bonchev–Trinajstić information content (AvgIpc) is 2.04. The number of carbonyl (C=O) groups excluding carboxylic acids is 1. The van der Waals surface area contributed by atoms with E-state index >= 15 is 0 Å². The van der Waals surface area contributed by atoms with Gasteiger partial charge in [0.05, 0.1) is 5.33 Å². The molecule has 0 saturated heterocycles. The summed E-state index contributed by atoms with van der Waals surface area (Å²) in [6, 6.07) is 0. The van der Waals surface area contributed by atoms with Gasteiger partial charge in [-0.25, -0.2) is 0 Å². The molecule has 3 heteroatoms. The second-order valence-electron chi connectivity index (χ2n) is 2.95. The highest BCUT2D eigenvalue weighted by atomic mass is 79.9. The van der Waals surface area contributed by atoms with Gasteiger partial charge in [-0.05, 0) is 19.8 Å². The molecule has 0 aliphatic carbocycles. The van der Waals surface area contributed by atoms with Crippen LogP contribution in [0.1, 0.15) is 33.6 Å². The molecule has 0 heterocycles. The van der Waals surface area contributed by atoms with Gasteiger partial charge in [0.2, 0.25) is 5.91 Å². The third-order valence-corrected chi connectivity index (χ3v) is 2.63. The normalized spacial score (nSPS) is 11.3. The lowest BCUT2D eigenvalue weighted by Crippen LogP contribution is -2.45. The highest BCUT2D eigenvalue weighted by Crippen LogP contribution is 2.13. The van der Waals surface area contributed by atoms with Crippen molar-refractivity contribution in [1.29, 1.82) is 0 Å². The smallest absolute Gasteiger partial charge is 0.231 e. The van der Waals surface area contributed by atoms with Gasteiger partial charge in [0, 0.05) is 5.54 Å². The maximum atomic E-state index is 11.0. The Labute approximate surface area is 76.9 Å². The third kappa shape index (κ3) is 3.75. The monoisotopic (exact) mass is 221 g/mol. The molecule has 0 spiro atoms. The van der Waals surface area contributed by atoms with Gasteiger partial charge in [-0.1, -0.05) is 29.8 Å². The fourth-order valence-corrected chi connectivity index (χ4v) is 0.937. The lowest BCUT2D eigenvalue weighted by Gasteiger charge is -2.27. The lowest BCUT2D eigenvalue weighted by atomic mass is 9.96. The summed E-state index contributed by atoms with van der Waals surface area (Å²) in [4.78, 5) is 11.0. The quantitative estimate of drug-likeness (QED) is 0.725. The van der Waals surface area contributed by atoms with Gasteiger partial charge in [0.1, 0.15) is 0 Å². The zero-order chi connectivity index (χ0) is 8.91. The molecule has 1 amide bonds. The Morgan fingerprint density at radius 2 is 1.91 bits per heavy atom. The van der Waals surface area contributed by atoms with Crippen molar-refractivity contribution in [2.45, 2.75) is 39.2 Å². The zero-order valence-electron chi connectivity index (χ0n) is 7.41. The summed E-state index contributed by atoms with van der Waals surface area (Å²) >= 11 is 3.11. The molecular weight excluding hydrogens is 206 g/mol. The molecule has 66 valence electrons. The van der Waals surface area contributed by atoms with Crippen LogP contribution in [-0.2, 0) is 4.79 Å². The van der Waals surface area contributed by atoms with Crippen LogP contribution in [0.4, 0.5) is 0 Å². The van der Waals surface area contributed by atoms with Crippen molar-refractivity contribution in [3.8, 4) is 0 Å². The molecule has 0 aliphatic heterocycles. The molecule has 1 N–H and O–H groups in total. The number of hydrogen-bond acceptors (Lipinski definition) is 1. The number of rotatable bonds is 4. The number of hydrogen-bond donors (Lipinski definition) is 1.